The van der Waals surface area contributed by atoms with E-state index in [0.29, 0.717) is 16.6 Å². The maximum Gasteiger partial charge on any atom is 0.238 e. The molecule has 3 aromatic rings. The van der Waals surface area contributed by atoms with Crippen LogP contribution < -0.4 is 10.1 Å². The Morgan fingerprint density at radius 2 is 2.07 bits per heavy atom. The highest BCUT2D eigenvalue weighted by Gasteiger charge is 2.24. The van der Waals surface area contributed by atoms with Gasteiger partial charge in [-0.1, -0.05) is 0 Å². The lowest BCUT2D eigenvalue weighted by atomic mass is 9.95. The molecular weight excluding hydrogens is 388 g/mol. The van der Waals surface area contributed by atoms with Crippen LogP contribution in [0.3, 0.4) is 0 Å². The molecule has 0 amide bonds. The number of hydrogen-bond donors (Lipinski definition) is 1. The summed E-state index contributed by atoms with van der Waals surface area (Å²) >= 11 is 1.39. The molecule has 8 heteroatoms. The molecule has 2 atom stereocenters. The molecule has 4 rings (SSSR count). The van der Waals surface area contributed by atoms with Crippen LogP contribution in [0.5, 0.6) is 5.88 Å². The molecule has 1 aliphatic carbocycles. The zero-order chi connectivity index (χ0) is 20.4. The van der Waals surface area contributed by atoms with Crippen molar-refractivity contribution < 1.29 is 14.3 Å². The quantitative estimate of drug-likeness (QED) is 0.588. The summed E-state index contributed by atoms with van der Waals surface area (Å²) in [6.45, 7) is 3.50. The maximum atomic E-state index is 11.9. The van der Waals surface area contributed by atoms with Crippen LogP contribution >= 0.6 is 11.3 Å². The molecule has 1 fully saturated rings. The number of nitrogens with zero attached hydrogens (tertiary/aromatic N) is 3. The summed E-state index contributed by atoms with van der Waals surface area (Å²) in [6.07, 6.45) is 7.51. The van der Waals surface area contributed by atoms with Crippen molar-refractivity contribution in [2.24, 2.45) is 0 Å². The predicted molar refractivity (Wildman–Crippen MR) is 113 cm³/mol. The first-order valence-electron chi connectivity index (χ1n) is 9.73. The second kappa shape index (κ2) is 8.42. The number of anilines is 2. The smallest absolute Gasteiger partial charge is 0.238 e. The lowest BCUT2D eigenvalue weighted by Gasteiger charge is -2.28. The minimum Gasteiger partial charge on any atom is -0.473 e. The van der Waals surface area contributed by atoms with Crippen molar-refractivity contribution in [3.63, 3.8) is 0 Å². The van der Waals surface area contributed by atoms with Gasteiger partial charge in [0.05, 0.1) is 16.4 Å². The van der Waals surface area contributed by atoms with Crippen LogP contribution in [0.15, 0.2) is 24.7 Å². The first-order valence-corrected chi connectivity index (χ1v) is 10.5. The molecule has 0 aromatic carbocycles. The Labute approximate surface area is 173 Å². The third-order valence-corrected chi connectivity index (χ3v) is 6.56. The zero-order valence-electron chi connectivity index (χ0n) is 16.8. The molecule has 0 unspecified atom stereocenters. The number of Topliss-reactive ketones (excluding diaryl/α,β-unsaturated/α-hetero) is 1. The standard InChI is InChI=1S/C21H24N4O3S/c1-12-17-19(23-11-24-21(17)29-18(12)13(2)26)25-16-8-5-9-22-20(16)28-15-7-4-6-14(10-15)27-3/h5,8-9,11,14-15H,4,6-7,10H2,1-3H3,(H,23,24,25)/t14-,15-/m1/s1. The molecule has 0 radical (unpaired) electrons. The molecule has 7 nitrogen and oxygen atoms in total. The van der Waals surface area contributed by atoms with Gasteiger partial charge >= 0.3 is 0 Å². The van der Waals surface area contributed by atoms with Crippen molar-refractivity contribution in [1.82, 2.24) is 15.0 Å². The molecule has 3 aromatic heterocycles. The van der Waals surface area contributed by atoms with E-state index in [0.717, 1.165) is 47.2 Å². The molecule has 0 saturated heterocycles. The molecule has 152 valence electrons. The minimum absolute atomic E-state index is 0.0341. The Hall–Kier alpha value is -2.58. The fraction of sp³-hybridized carbons (Fsp3) is 0.429. The van der Waals surface area contributed by atoms with Crippen molar-refractivity contribution in [2.75, 3.05) is 12.4 Å². The largest absolute Gasteiger partial charge is 0.473 e. The number of aryl methyl sites for hydroxylation is 1. The minimum atomic E-state index is 0.0341. The summed E-state index contributed by atoms with van der Waals surface area (Å²) in [6, 6.07) is 3.77. The van der Waals surface area contributed by atoms with E-state index in [1.54, 1.807) is 20.2 Å². The highest BCUT2D eigenvalue weighted by atomic mass is 32.1. The Morgan fingerprint density at radius 1 is 1.24 bits per heavy atom. The maximum absolute atomic E-state index is 11.9. The third kappa shape index (κ3) is 4.09. The number of ketones is 1. The van der Waals surface area contributed by atoms with Crippen molar-refractivity contribution in [2.45, 2.75) is 51.7 Å². The van der Waals surface area contributed by atoms with E-state index in [1.165, 1.54) is 17.7 Å². The van der Waals surface area contributed by atoms with E-state index in [4.69, 9.17) is 9.47 Å². The van der Waals surface area contributed by atoms with Gasteiger partial charge in [0.15, 0.2) is 5.78 Å². The monoisotopic (exact) mass is 412 g/mol. The first kappa shape index (κ1) is 19.7. The predicted octanol–water partition coefficient (Wildman–Crippen LogP) is 4.68. The number of carbonyl (C=O) groups is 1. The summed E-state index contributed by atoms with van der Waals surface area (Å²) in [4.78, 5) is 26.6. The molecule has 1 aliphatic rings. The number of thiophene rings is 1. The normalized spacial score (nSPS) is 19.3. The van der Waals surface area contributed by atoms with Gasteiger partial charge in [0.1, 0.15) is 28.8 Å². The topological polar surface area (TPSA) is 86.2 Å². The van der Waals surface area contributed by atoms with Gasteiger partial charge < -0.3 is 14.8 Å². The average molecular weight is 413 g/mol. The Bertz CT molecular complexity index is 1040. The Balaban J connectivity index is 1.63. The van der Waals surface area contributed by atoms with Crippen LogP contribution in [0.4, 0.5) is 11.5 Å². The fourth-order valence-electron chi connectivity index (χ4n) is 3.79. The summed E-state index contributed by atoms with van der Waals surface area (Å²) in [5.74, 6) is 1.22. The van der Waals surface area contributed by atoms with E-state index in [9.17, 15) is 4.79 Å². The number of ether oxygens (including phenoxy) is 2. The van der Waals surface area contributed by atoms with Gasteiger partial charge in [0.25, 0.3) is 0 Å². The summed E-state index contributed by atoms with van der Waals surface area (Å²) in [5.41, 5.74) is 1.63. The highest BCUT2D eigenvalue weighted by Crippen LogP contribution is 2.36. The lowest BCUT2D eigenvalue weighted by Crippen LogP contribution is -2.29. The van der Waals surface area contributed by atoms with Gasteiger partial charge in [-0.25, -0.2) is 15.0 Å². The lowest BCUT2D eigenvalue weighted by molar-refractivity contribution is 0.0198. The second-order valence-electron chi connectivity index (χ2n) is 7.26. The van der Waals surface area contributed by atoms with Crippen LogP contribution in [0.1, 0.15) is 47.8 Å². The molecule has 0 bridgehead atoms. The van der Waals surface area contributed by atoms with Crippen molar-refractivity contribution in [3.8, 4) is 5.88 Å². The van der Waals surface area contributed by atoms with E-state index >= 15 is 0 Å². The van der Waals surface area contributed by atoms with Crippen LogP contribution in [0, 0.1) is 6.92 Å². The van der Waals surface area contributed by atoms with Gasteiger partial charge in [-0.15, -0.1) is 11.3 Å². The molecule has 3 heterocycles. The number of methoxy groups -OCH3 is 1. The van der Waals surface area contributed by atoms with Crippen LogP contribution in [0.25, 0.3) is 10.2 Å². The van der Waals surface area contributed by atoms with Gasteiger partial charge in [-0.2, -0.15) is 0 Å². The van der Waals surface area contributed by atoms with Crippen LogP contribution in [-0.4, -0.2) is 40.1 Å². The number of hydrogen-bond acceptors (Lipinski definition) is 8. The molecule has 1 N–H and O–H groups in total. The van der Waals surface area contributed by atoms with Gasteiger partial charge in [0.2, 0.25) is 5.88 Å². The van der Waals surface area contributed by atoms with Crippen LogP contribution in [0.2, 0.25) is 0 Å². The summed E-state index contributed by atoms with van der Waals surface area (Å²) in [5, 5.41) is 4.21. The molecule has 0 spiro atoms. The molecule has 1 saturated carbocycles. The zero-order valence-corrected chi connectivity index (χ0v) is 17.6. The summed E-state index contributed by atoms with van der Waals surface area (Å²) in [7, 11) is 1.75. The average Bonchev–Trinajstić information content (AvgIpc) is 3.07. The van der Waals surface area contributed by atoms with E-state index in [2.05, 4.69) is 20.3 Å². The SMILES string of the molecule is CO[C@@H]1CCC[C@@H](Oc2ncccc2Nc2ncnc3sc(C(C)=O)c(C)c23)C1. The number of fused-ring (bicyclic) bond motifs is 1. The van der Waals surface area contributed by atoms with Gasteiger partial charge in [0, 0.05) is 19.7 Å². The Kier molecular flexibility index (Phi) is 5.73. The second-order valence-corrected chi connectivity index (χ2v) is 8.26. The molecule has 29 heavy (non-hydrogen) atoms. The third-order valence-electron chi connectivity index (χ3n) is 5.26. The first-order chi connectivity index (χ1) is 14.1. The number of pyridine rings is 1. The van der Waals surface area contributed by atoms with Crippen LogP contribution in [-0.2, 0) is 4.74 Å². The molecule has 0 aliphatic heterocycles. The van der Waals surface area contributed by atoms with E-state index < -0.39 is 0 Å². The Morgan fingerprint density at radius 3 is 2.86 bits per heavy atom. The molecular formula is C21H24N4O3S. The van der Waals surface area contributed by atoms with Gasteiger partial charge in [-0.3, -0.25) is 4.79 Å². The van der Waals surface area contributed by atoms with Crippen molar-refractivity contribution in [1.29, 1.82) is 0 Å². The number of rotatable bonds is 6. The summed E-state index contributed by atoms with van der Waals surface area (Å²) < 4.78 is 11.7. The number of carbonyl (C=O) groups excluding carboxylic acids is 1. The number of aromatic nitrogens is 3. The van der Waals surface area contributed by atoms with E-state index in [1.807, 2.05) is 19.1 Å². The van der Waals surface area contributed by atoms with E-state index in [-0.39, 0.29) is 18.0 Å². The van der Waals surface area contributed by atoms with Crippen molar-refractivity contribution >= 4 is 38.8 Å². The van der Waals surface area contributed by atoms with Gasteiger partial charge in [-0.05, 0) is 50.8 Å². The fourth-order valence-corrected chi connectivity index (χ4v) is 4.83. The van der Waals surface area contributed by atoms with Crippen molar-refractivity contribution in [3.05, 3.63) is 35.1 Å². The number of nitrogens with one attached hydrogen (secondary N) is 1. The highest BCUT2D eigenvalue weighted by molar-refractivity contribution is 7.20.